The molecule has 1 N–H and O–H groups in total. The Kier molecular flexibility index (Phi) is 3.86. The molecule has 7 heteroatoms. The lowest BCUT2D eigenvalue weighted by Gasteiger charge is -2.30. The summed E-state index contributed by atoms with van der Waals surface area (Å²) in [6.45, 7) is 1.60. The van der Waals surface area contributed by atoms with Gasteiger partial charge in [0.15, 0.2) is 0 Å². The molecule has 0 bridgehead atoms. The number of pyridine rings is 1. The Morgan fingerprint density at radius 2 is 1.95 bits per heavy atom. The molecule has 1 aliphatic heterocycles. The number of piperidine rings is 1. The zero-order valence-corrected chi connectivity index (χ0v) is 11.9. The molecule has 2 aromatic rings. The first kappa shape index (κ1) is 14.2. The van der Waals surface area contributed by atoms with Gasteiger partial charge in [-0.15, -0.1) is 0 Å². The topological polar surface area (TPSA) is 88.1 Å². The summed E-state index contributed by atoms with van der Waals surface area (Å²) < 4.78 is 1.33. The third-order valence-electron chi connectivity index (χ3n) is 3.89. The lowest BCUT2D eigenvalue weighted by atomic mass is 9.99. The van der Waals surface area contributed by atoms with Gasteiger partial charge in [0, 0.05) is 31.3 Å². The average molecular weight is 300 g/mol. The molecule has 0 unspecified atom stereocenters. The number of carbonyl (C=O) groups excluding carboxylic acids is 1. The Labute approximate surface area is 126 Å². The number of H-pyrrole nitrogens is 1. The van der Waals surface area contributed by atoms with Gasteiger partial charge in [-0.3, -0.25) is 14.3 Å². The van der Waals surface area contributed by atoms with Crippen molar-refractivity contribution in [3.8, 4) is 5.69 Å². The zero-order valence-electron chi connectivity index (χ0n) is 11.9. The highest BCUT2D eigenvalue weighted by atomic mass is 16.2. The summed E-state index contributed by atoms with van der Waals surface area (Å²) in [5.41, 5.74) is -0.328. The Morgan fingerprint density at radius 3 is 2.55 bits per heavy atom. The SMILES string of the molecule is O=CC1CCN(c2ccc(-n3ccc(=O)[nH]c3=O)cn2)CC1. The van der Waals surface area contributed by atoms with Crippen molar-refractivity contribution in [2.24, 2.45) is 5.92 Å². The molecule has 0 aromatic carbocycles. The molecule has 0 spiro atoms. The van der Waals surface area contributed by atoms with Crippen LogP contribution in [-0.4, -0.2) is 33.9 Å². The second kappa shape index (κ2) is 5.97. The highest BCUT2D eigenvalue weighted by Gasteiger charge is 2.19. The Hall–Kier alpha value is -2.70. The van der Waals surface area contributed by atoms with Crippen LogP contribution in [0.4, 0.5) is 5.82 Å². The van der Waals surface area contributed by atoms with Gasteiger partial charge in [0.05, 0.1) is 11.9 Å². The predicted octanol–water partition coefficient (Wildman–Crippen LogP) is 0.336. The predicted molar refractivity (Wildman–Crippen MR) is 81.5 cm³/mol. The summed E-state index contributed by atoms with van der Waals surface area (Å²) in [4.78, 5) is 42.3. The highest BCUT2D eigenvalue weighted by Crippen LogP contribution is 2.20. The maximum absolute atomic E-state index is 11.7. The van der Waals surface area contributed by atoms with E-state index in [4.69, 9.17) is 0 Å². The first-order valence-electron chi connectivity index (χ1n) is 7.16. The van der Waals surface area contributed by atoms with Crippen LogP contribution >= 0.6 is 0 Å². The molecule has 1 fully saturated rings. The van der Waals surface area contributed by atoms with E-state index >= 15 is 0 Å². The van der Waals surface area contributed by atoms with E-state index in [1.165, 1.54) is 16.8 Å². The average Bonchev–Trinajstić information content (AvgIpc) is 2.55. The number of nitrogens with one attached hydrogen (secondary N) is 1. The van der Waals surface area contributed by atoms with Gasteiger partial charge in [-0.25, -0.2) is 9.78 Å². The minimum Gasteiger partial charge on any atom is -0.357 e. The smallest absolute Gasteiger partial charge is 0.332 e. The fraction of sp³-hybridized carbons (Fsp3) is 0.333. The molecule has 3 heterocycles. The van der Waals surface area contributed by atoms with Crippen LogP contribution in [0.2, 0.25) is 0 Å². The molecular weight excluding hydrogens is 284 g/mol. The number of aromatic nitrogens is 3. The summed E-state index contributed by atoms with van der Waals surface area (Å²) in [6, 6.07) is 4.92. The third-order valence-corrected chi connectivity index (χ3v) is 3.89. The van der Waals surface area contributed by atoms with Gasteiger partial charge in [0.2, 0.25) is 0 Å². The van der Waals surface area contributed by atoms with Crippen molar-refractivity contribution in [2.45, 2.75) is 12.8 Å². The summed E-state index contributed by atoms with van der Waals surface area (Å²) >= 11 is 0. The quantitative estimate of drug-likeness (QED) is 0.826. The number of hydrogen-bond donors (Lipinski definition) is 1. The Balaban J connectivity index is 1.80. The first-order chi connectivity index (χ1) is 10.7. The number of aromatic amines is 1. The number of rotatable bonds is 3. The summed E-state index contributed by atoms with van der Waals surface area (Å²) in [5.74, 6) is 0.973. The lowest BCUT2D eigenvalue weighted by molar-refractivity contribution is -0.111. The van der Waals surface area contributed by atoms with Gasteiger partial charge in [-0.1, -0.05) is 0 Å². The number of carbonyl (C=O) groups is 1. The molecule has 114 valence electrons. The summed E-state index contributed by atoms with van der Waals surface area (Å²) in [5, 5.41) is 0. The van der Waals surface area contributed by atoms with Crippen LogP contribution in [0, 0.1) is 5.92 Å². The maximum Gasteiger partial charge on any atom is 0.332 e. The molecule has 0 saturated carbocycles. The van der Waals surface area contributed by atoms with Gasteiger partial charge in [0.25, 0.3) is 5.56 Å². The minimum atomic E-state index is -0.492. The van der Waals surface area contributed by atoms with E-state index in [0.717, 1.165) is 38.0 Å². The lowest BCUT2D eigenvalue weighted by Crippen LogP contribution is -2.34. The largest absolute Gasteiger partial charge is 0.357 e. The van der Waals surface area contributed by atoms with Crippen LogP contribution in [0.3, 0.4) is 0 Å². The van der Waals surface area contributed by atoms with E-state index in [1.54, 1.807) is 12.3 Å². The standard InChI is InChI=1S/C15H16N4O3/c20-10-11-3-6-18(7-4-11)13-2-1-12(9-16-13)19-8-5-14(21)17-15(19)22/h1-2,5,8-11H,3-4,6-7H2,(H,17,21,22). The second-order valence-corrected chi connectivity index (χ2v) is 5.32. The molecule has 1 saturated heterocycles. The van der Waals surface area contributed by atoms with Crippen molar-refractivity contribution in [1.29, 1.82) is 0 Å². The van der Waals surface area contributed by atoms with Gasteiger partial charge in [-0.05, 0) is 25.0 Å². The molecule has 0 radical (unpaired) electrons. The molecular formula is C15H16N4O3. The van der Waals surface area contributed by atoms with Crippen LogP contribution < -0.4 is 16.1 Å². The van der Waals surface area contributed by atoms with Crippen LogP contribution in [-0.2, 0) is 4.79 Å². The monoisotopic (exact) mass is 300 g/mol. The first-order valence-corrected chi connectivity index (χ1v) is 7.16. The Bertz CT molecular complexity index is 770. The van der Waals surface area contributed by atoms with Crippen LogP contribution in [0.5, 0.6) is 0 Å². The fourth-order valence-electron chi connectivity index (χ4n) is 2.59. The van der Waals surface area contributed by atoms with E-state index in [2.05, 4.69) is 14.9 Å². The van der Waals surface area contributed by atoms with Crippen molar-refractivity contribution >= 4 is 12.1 Å². The van der Waals surface area contributed by atoms with E-state index in [0.29, 0.717) is 5.69 Å². The maximum atomic E-state index is 11.7. The minimum absolute atomic E-state index is 0.148. The van der Waals surface area contributed by atoms with Gasteiger partial charge < -0.3 is 9.69 Å². The molecule has 0 amide bonds. The molecule has 22 heavy (non-hydrogen) atoms. The zero-order chi connectivity index (χ0) is 15.5. The number of nitrogens with zero attached hydrogens (tertiary/aromatic N) is 3. The molecule has 0 atom stereocenters. The van der Waals surface area contributed by atoms with Crippen molar-refractivity contribution in [3.05, 3.63) is 51.4 Å². The number of aldehydes is 1. The molecule has 3 rings (SSSR count). The molecule has 0 aliphatic carbocycles. The van der Waals surface area contributed by atoms with Crippen LogP contribution in [0.1, 0.15) is 12.8 Å². The Morgan fingerprint density at radius 1 is 1.18 bits per heavy atom. The van der Waals surface area contributed by atoms with Gasteiger partial charge >= 0.3 is 5.69 Å². The fourth-order valence-corrected chi connectivity index (χ4v) is 2.59. The van der Waals surface area contributed by atoms with Crippen molar-refractivity contribution in [2.75, 3.05) is 18.0 Å². The summed E-state index contributed by atoms with van der Waals surface area (Å²) in [6.07, 6.45) is 5.73. The van der Waals surface area contributed by atoms with E-state index in [-0.39, 0.29) is 5.92 Å². The van der Waals surface area contributed by atoms with Gasteiger partial charge in [-0.2, -0.15) is 0 Å². The second-order valence-electron chi connectivity index (χ2n) is 5.32. The van der Waals surface area contributed by atoms with Crippen LogP contribution in [0.25, 0.3) is 5.69 Å². The van der Waals surface area contributed by atoms with E-state index in [9.17, 15) is 14.4 Å². The van der Waals surface area contributed by atoms with Crippen LogP contribution in [0.15, 0.2) is 40.2 Å². The van der Waals surface area contributed by atoms with Crippen molar-refractivity contribution in [1.82, 2.24) is 14.5 Å². The number of hydrogen-bond acceptors (Lipinski definition) is 5. The normalized spacial score (nSPS) is 15.7. The molecule has 7 nitrogen and oxygen atoms in total. The highest BCUT2D eigenvalue weighted by molar-refractivity contribution is 5.54. The van der Waals surface area contributed by atoms with Crippen molar-refractivity contribution in [3.63, 3.8) is 0 Å². The third kappa shape index (κ3) is 2.83. The van der Waals surface area contributed by atoms with Gasteiger partial charge in [0.1, 0.15) is 12.1 Å². The van der Waals surface area contributed by atoms with E-state index < -0.39 is 11.2 Å². The molecule has 2 aromatic heterocycles. The summed E-state index contributed by atoms with van der Waals surface area (Å²) in [7, 11) is 0. The van der Waals surface area contributed by atoms with E-state index in [1.807, 2.05) is 6.07 Å². The molecule has 1 aliphatic rings. The van der Waals surface area contributed by atoms with Crippen molar-refractivity contribution < 1.29 is 4.79 Å². The number of anilines is 1.